The predicted molar refractivity (Wildman–Crippen MR) is 156 cm³/mol. The fourth-order valence-electron chi connectivity index (χ4n) is 4.09. The van der Waals surface area contributed by atoms with Gasteiger partial charge >= 0.3 is 6.09 Å². The average molecular weight is 558 g/mol. The van der Waals surface area contributed by atoms with E-state index in [4.69, 9.17) is 15.9 Å². The summed E-state index contributed by atoms with van der Waals surface area (Å²) in [6.45, 7) is 5.15. The Bertz CT molecular complexity index is 1390. The number of aromatic hydroxyl groups is 1. The molecule has 214 valence electrons. The summed E-state index contributed by atoms with van der Waals surface area (Å²) in [7, 11) is 3.04. The van der Waals surface area contributed by atoms with Crippen LogP contribution in [0.15, 0.2) is 72.8 Å². The van der Waals surface area contributed by atoms with Gasteiger partial charge in [-0.25, -0.2) is 4.79 Å². The fraction of sp³-hybridized carbons (Fsp3) is 0.281. The zero-order valence-corrected chi connectivity index (χ0v) is 23.8. The predicted octanol–water partition coefficient (Wildman–Crippen LogP) is 4.66. The van der Waals surface area contributed by atoms with Gasteiger partial charge in [-0.05, 0) is 80.4 Å². The highest BCUT2D eigenvalue weighted by Crippen LogP contribution is 2.25. The van der Waals surface area contributed by atoms with Crippen LogP contribution in [0.2, 0.25) is 0 Å². The van der Waals surface area contributed by atoms with Gasteiger partial charge in [0, 0.05) is 24.7 Å². The van der Waals surface area contributed by atoms with Crippen LogP contribution in [0.1, 0.15) is 43.5 Å². The SMILES string of the molecule is C#Cc1ccc(C(C(=O)Nc2ccc(OC)cc2)N(C)C(=O)C(Cc2ccc(O)cc2)NC(=O)OC(C)(C)C)cc1. The van der Waals surface area contributed by atoms with E-state index in [0.29, 0.717) is 28.1 Å². The number of carbonyl (C=O) groups is 3. The standard InChI is InChI=1S/C32H35N3O6/c1-7-21-8-12-23(13-9-21)28(29(37)33-24-14-18-26(40-6)19-15-24)35(5)30(38)27(34-31(39)41-32(2,3)4)20-22-10-16-25(36)17-11-22/h1,8-19,27-28,36H,20H2,2-6H3,(H,33,37)(H,34,39). The van der Waals surface area contributed by atoms with Crippen LogP contribution in [0, 0.1) is 12.3 Å². The lowest BCUT2D eigenvalue weighted by molar-refractivity contribution is -0.139. The number of ether oxygens (including phenoxy) is 2. The molecule has 0 saturated heterocycles. The average Bonchev–Trinajstić information content (AvgIpc) is 2.93. The molecule has 41 heavy (non-hydrogen) atoms. The van der Waals surface area contributed by atoms with Crippen molar-refractivity contribution in [3.8, 4) is 23.8 Å². The monoisotopic (exact) mass is 557 g/mol. The Morgan fingerprint density at radius 2 is 1.59 bits per heavy atom. The van der Waals surface area contributed by atoms with Crippen molar-refractivity contribution in [1.29, 1.82) is 0 Å². The minimum Gasteiger partial charge on any atom is -0.508 e. The van der Waals surface area contributed by atoms with Crippen LogP contribution < -0.4 is 15.4 Å². The number of anilines is 1. The maximum atomic E-state index is 14.0. The maximum Gasteiger partial charge on any atom is 0.408 e. The number of nitrogens with one attached hydrogen (secondary N) is 2. The van der Waals surface area contributed by atoms with Crippen LogP contribution >= 0.6 is 0 Å². The molecule has 0 heterocycles. The number of carbonyl (C=O) groups excluding carboxylic acids is 3. The van der Waals surface area contributed by atoms with E-state index >= 15 is 0 Å². The van der Waals surface area contributed by atoms with E-state index in [1.807, 2.05) is 0 Å². The lowest BCUT2D eigenvalue weighted by Gasteiger charge is -2.32. The zero-order valence-electron chi connectivity index (χ0n) is 23.8. The highest BCUT2D eigenvalue weighted by atomic mass is 16.6. The van der Waals surface area contributed by atoms with E-state index in [1.54, 1.807) is 88.5 Å². The first-order chi connectivity index (χ1) is 19.4. The minimum absolute atomic E-state index is 0.0690. The number of terminal acetylenes is 1. The Morgan fingerprint density at radius 3 is 2.12 bits per heavy atom. The van der Waals surface area contributed by atoms with Gasteiger partial charge in [0.15, 0.2) is 0 Å². The number of likely N-dealkylation sites (N-methyl/N-ethyl adjacent to an activating group) is 1. The van der Waals surface area contributed by atoms with Gasteiger partial charge in [0.05, 0.1) is 7.11 Å². The summed E-state index contributed by atoms with van der Waals surface area (Å²) in [6, 6.07) is 17.7. The van der Waals surface area contributed by atoms with E-state index in [2.05, 4.69) is 16.6 Å². The molecule has 0 aliphatic heterocycles. The summed E-state index contributed by atoms with van der Waals surface area (Å²) in [6.07, 6.45) is 4.82. The molecule has 0 bridgehead atoms. The number of methoxy groups -OCH3 is 1. The van der Waals surface area contributed by atoms with Crippen LogP contribution in [0.5, 0.6) is 11.5 Å². The quantitative estimate of drug-likeness (QED) is 0.330. The Hall–Kier alpha value is -4.97. The molecular formula is C32H35N3O6. The molecule has 3 N–H and O–H groups in total. The summed E-state index contributed by atoms with van der Waals surface area (Å²) in [4.78, 5) is 41.7. The largest absolute Gasteiger partial charge is 0.508 e. The number of hydrogen-bond donors (Lipinski definition) is 3. The number of nitrogens with zero attached hydrogens (tertiary/aromatic N) is 1. The van der Waals surface area contributed by atoms with Gasteiger partial charge in [-0.15, -0.1) is 6.42 Å². The maximum absolute atomic E-state index is 14.0. The van der Waals surface area contributed by atoms with E-state index in [1.165, 1.54) is 24.1 Å². The fourth-order valence-corrected chi connectivity index (χ4v) is 4.09. The molecule has 3 aromatic rings. The lowest BCUT2D eigenvalue weighted by Crippen LogP contribution is -2.52. The Kier molecular flexibility index (Phi) is 9.99. The van der Waals surface area contributed by atoms with Crippen LogP contribution in [0.4, 0.5) is 10.5 Å². The van der Waals surface area contributed by atoms with E-state index in [0.717, 1.165) is 0 Å². The molecule has 3 aromatic carbocycles. The molecule has 3 amide bonds. The van der Waals surface area contributed by atoms with Gasteiger partial charge in [0.2, 0.25) is 5.91 Å². The van der Waals surface area contributed by atoms with Crippen molar-refractivity contribution in [2.75, 3.05) is 19.5 Å². The minimum atomic E-state index is -1.08. The molecule has 3 rings (SSSR count). The number of amides is 3. The molecule has 2 atom stereocenters. The first-order valence-corrected chi connectivity index (χ1v) is 13.0. The molecule has 0 aliphatic carbocycles. The van der Waals surface area contributed by atoms with Gasteiger partial charge in [-0.2, -0.15) is 0 Å². The molecule has 0 radical (unpaired) electrons. The lowest BCUT2D eigenvalue weighted by atomic mass is 10.00. The second-order valence-electron chi connectivity index (χ2n) is 10.4. The summed E-state index contributed by atoms with van der Waals surface area (Å²) in [5, 5.41) is 15.2. The van der Waals surface area contributed by atoms with Crippen LogP contribution in [0.3, 0.4) is 0 Å². The second kappa shape index (κ2) is 13.4. The molecule has 9 heteroatoms. The van der Waals surface area contributed by atoms with Crippen molar-refractivity contribution in [3.05, 3.63) is 89.5 Å². The van der Waals surface area contributed by atoms with Crippen molar-refractivity contribution in [1.82, 2.24) is 10.2 Å². The molecule has 9 nitrogen and oxygen atoms in total. The van der Waals surface area contributed by atoms with Crippen molar-refractivity contribution < 1.29 is 29.0 Å². The molecular weight excluding hydrogens is 522 g/mol. The van der Waals surface area contributed by atoms with Crippen LogP contribution in [0.25, 0.3) is 0 Å². The third-order valence-corrected chi connectivity index (χ3v) is 6.10. The number of hydrogen-bond acceptors (Lipinski definition) is 6. The van der Waals surface area contributed by atoms with Crippen molar-refractivity contribution in [2.24, 2.45) is 0 Å². The van der Waals surface area contributed by atoms with Gasteiger partial charge in [0.1, 0.15) is 29.2 Å². The smallest absolute Gasteiger partial charge is 0.408 e. The molecule has 0 spiro atoms. The molecule has 0 aromatic heterocycles. The first kappa shape index (κ1) is 30.6. The van der Waals surface area contributed by atoms with Crippen LogP contribution in [-0.2, 0) is 20.7 Å². The molecule has 0 aliphatic rings. The molecule has 2 unspecified atom stereocenters. The van der Waals surface area contributed by atoms with E-state index in [9.17, 15) is 19.5 Å². The number of benzene rings is 3. The highest BCUT2D eigenvalue weighted by Gasteiger charge is 2.34. The third kappa shape index (κ3) is 8.77. The Balaban J connectivity index is 1.95. The number of alkyl carbamates (subject to hydrolysis) is 1. The first-order valence-electron chi connectivity index (χ1n) is 13.0. The Morgan fingerprint density at radius 1 is 0.976 bits per heavy atom. The number of phenolic OH excluding ortho intramolecular Hbond substituents is 1. The van der Waals surface area contributed by atoms with E-state index in [-0.39, 0.29) is 12.2 Å². The van der Waals surface area contributed by atoms with Crippen molar-refractivity contribution in [3.63, 3.8) is 0 Å². The Labute approximate surface area is 240 Å². The van der Waals surface area contributed by atoms with Gasteiger partial charge in [-0.1, -0.05) is 30.2 Å². The van der Waals surface area contributed by atoms with Crippen LogP contribution in [-0.4, -0.2) is 53.7 Å². The van der Waals surface area contributed by atoms with E-state index < -0.39 is 35.6 Å². The van der Waals surface area contributed by atoms with Crippen molar-refractivity contribution >= 4 is 23.6 Å². The second-order valence-corrected chi connectivity index (χ2v) is 10.4. The summed E-state index contributed by atoms with van der Waals surface area (Å²) >= 11 is 0. The van der Waals surface area contributed by atoms with Gasteiger partial charge in [-0.3, -0.25) is 9.59 Å². The zero-order chi connectivity index (χ0) is 30.2. The topological polar surface area (TPSA) is 117 Å². The summed E-state index contributed by atoms with van der Waals surface area (Å²) < 4.78 is 10.6. The number of rotatable bonds is 9. The third-order valence-electron chi connectivity index (χ3n) is 6.10. The number of phenols is 1. The summed E-state index contributed by atoms with van der Waals surface area (Å²) in [5.74, 6) is 2.24. The van der Waals surface area contributed by atoms with Gasteiger partial charge in [0.25, 0.3) is 5.91 Å². The normalized spacial score (nSPS) is 12.3. The van der Waals surface area contributed by atoms with Gasteiger partial charge < -0.3 is 30.1 Å². The molecule has 0 saturated carbocycles. The molecule has 0 fully saturated rings. The summed E-state index contributed by atoms with van der Waals surface area (Å²) in [5.41, 5.74) is 1.54. The highest BCUT2D eigenvalue weighted by molar-refractivity contribution is 5.99. The van der Waals surface area contributed by atoms with Crippen molar-refractivity contribution in [2.45, 2.75) is 44.9 Å².